The summed E-state index contributed by atoms with van der Waals surface area (Å²) in [7, 11) is 0. The predicted molar refractivity (Wildman–Crippen MR) is 117 cm³/mol. The quantitative estimate of drug-likeness (QED) is 0.561. The van der Waals surface area contributed by atoms with Gasteiger partial charge in [-0.2, -0.15) is 0 Å². The second-order valence-corrected chi connectivity index (χ2v) is 6.85. The van der Waals surface area contributed by atoms with Gasteiger partial charge in [-0.1, -0.05) is 32.0 Å². The zero-order chi connectivity index (χ0) is 21.1. The van der Waals surface area contributed by atoms with E-state index in [0.29, 0.717) is 26.0 Å². The average Bonchev–Trinajstić information content (AvgIpc) is 2.72. The van der Waals surface area contributed by atoms with Crippen LogP contribution in [0.25, 0.3) is 0 Å². The molecular formula is C23H31N3O3. The van der Waals surface area contributed by atoms with E-state index in [1.807, 2.05) is 63.2 Å². The Labute approximate surface area is 173 Å². The highest BCUT2D eigenvalue weighted by atomic mass is 16.5. The molecule has 0 aliphatic heterocycles. The van der Waals surface area contributed by atoms with E-state index in [1.165, 1.54) is 0 Å². The number of benzene rings is 2. The van der Waals surface area contributed by atoms with Crippen LogP contribution in [-0.2, 0) is 9.59 Å². The predicted octanol–water partition coefficient (Wildman–Crippen LogP) is 4.07. The number of para-hydroxylation sites is 1. The summed E-state index contributed by atoms with van der Waals surface area (Å²) in [6.45, 7) is 8.52. The van der Waals surface area contributed by atoms with Gasteiger partial charge in [-0.25, -0.2) is 0 Å². The van der Waals surface area contributed by atoms with Crippen LogP contribution in [0.3, 0.4) is 0 Å². The molecule has 0 bridgehead atoms. The maximum atomic E-state index is 12.2. The number of nitrogens with zero attached hydrogens (tertiary/aromatic N) is 1. The third-order valence-electron chi connectivity index (χ3n) is 4.61. The molecule has 6 nitrogen and oxygen atoms in total. The first kappa shape index (κ1) is 22.4. The number of amides is 2. The minimum Gasteiger partial charge on any atom is -0.494 e. The summed E-state index contributed by atoms with van der Waals surface area (Å²) in [5.41, 5.74) is 2.39. The highest BCUT2D eigenvalue weighted by Crippen LogP contribution is 2.20. The first-order valence-electron chi connectivity index (χ1n) is 10.1. The van der Waals surface area contributed by atoms with Crippen LogP contribution in [0.2, 0.25) is 0 Å². The fourth-order valence-corrected chi connectivity index (χ4v) is 2.88. The molecule has 0 fully saturated rings. The van der Waals surface area contributed by atoms with E-state index in [1.54, 1.807) is 6.07 Å². The van der Waals surface area contributed by atoms with Gasteiger partial charge in [0.1, 0.15) is 5.75 Å². The fourth-order valence-electron chi connectivity index (χ4n) is 2.88. The Morgan fingerprint density at radius 1 is 0.966 bits per heavy atom. The van der Waals surface area contributed by atoms with Crippen molar-refractivity contribution in [3.8, 4) is 5.75 Å². The second-order valence-electron chi connectivity index (χ2n) is 6.85. The van der Waals surface area contributed by atoms with E-state index in [9.17, 15) is 9.59 Å². The van der Waals surface area contributed by atoms with Gasteiger partial charge in [0.05, 0.1) is 13.2 Å². The highest BCUT2D eigenvalue weighted by molar-refractivity contribution is 5.94. The number of carbonyl (C=O) groups is 2. The molecule has 2 aromatic rings. The number of anilines is 2. The molecular weight excluding hydrogens is 366 g/mol. The summed E-state index contributed by atoms with van der Waals surface area (Å²) in [6.07, 6.45) is 1.02. The lowest BCUT2D eigenvalue weighted by Gasteiger charge is -2.18. The molecule has 0 saturated carbocycles. The lowest BCUT2D eigenvalue weighted by molar-refractivity contribution is -0.117. The van der Waals surface area contributed by atoms with Gasteiger partial charge in [-0.3, -0.25) is 14.5 Å². The van der Waals surface area contributed by atoms with Gasteiger partial charge < -0.3 is 15.4 Å². The van der Waals surface area contributed by atoms with Gasteiger partial charge in [0.15, 0.2) is 0 Å². The van der Waals surface area contributed by atoms with Crippen molar-refractivity contribution in [2.24, 2.45) is 0 Å². The van der Waals surface area contributed by atoms with Crippen LogP contribution in [-0.4, -0.2) is 43.0 Å². The molecule has 2 N–H and O–H groups in total. The second kappa shape index (κ2) is 11.9. The van der Waals surface area contributed by atoms with E-state index >= 15 is 0 Å². The number of nitrogens with one attached hydrogen (secondary N) is 2. The first-order chi connectivity index (χ1) is 14.0. The first-order valence-corrected chi connectivity index (χ1v) is 10.1. The molecule has 29 heavy (non-hydrogen) atoms. The topological polar surface area (TPSA) is 70.7 Å². The molecule has 6 heteroatoms. The maximum Gasteiger partial charge on any atom is 0.238 e. The summed E-state index contributed by atoms with van der Waals surface area (Å²) in [5, 5.41) is 5.83. The van der Waals surface area contributed by atoms with Gasteiger partial charge in [0.2, 0.25) is 11.8 Å². The van der Waals surface area contributed by atoms with Crippen molar-refractivity contribution in [1.29, 1.82) is 0 Å². The van der Waals surface area contributed by atoms with Crippen LogP contribution in [0.15, 0.2) is 48.5 Å². The van der Waals surface area contributed by atoms with Crippen molar-refractivity contribution in [2.45, 2.75) is 33.6 Å². The molecule has 0 atom stereocenters. The van der Waals surface area contributed by atoms with Crippen LogP contribution in [0.4, 0.5) is 11.4 Å². The number of carbonyl (C=O) groups excluding carboxylic acids is 2. The summed E-state index contributed by atoms with van der Waals surface area (Å²) in [4.78, 5) is 26.4. The standard InChI is InChI=1S/C23H31N3O3/c1-4-26(5-2)17-23(28)25-21-14-13-19(16-18(21)3)24-22(27)12-9-15-29-20-10-7-6-8-11-20/h6-8,10-11,13-14,16H,4-5,9,12,15,17H2,1-3H3,(H,24,27)(H,25,28). The minimum absolute atomic E-state index is 0.0352. The number of hydrogen-bond acceptors (Lipinski definition) is 4. The normalized spacial score (nSPS) is 10.6. The lowest BCUT2D eigenvalue weighted by atomic mass is 10.1. The Kier molecular flexibility index (Phi) is 9.18. The SMILES string of the molecule is CCN(CC)CC(=O)Nc1ccc(NC(=O)CCCOc2ccccc2)cc1C. The molecule has 2 rings (SSSR count). The van der Waals surface area contributed by atoms with Crippen molar-refractivity contribution >= 4 is 23.2 Å². The molecule has 156 valence electrons. The van der Waals surface area contributed by atoms with Crippen molar-refractivity contribution in [1.82, 2.24) is 4.90 Å². The third-order valence-corrected chi connectivity index (χ3v) is 4.61. The summed E-state index contributed by atoms with van der Waals surface area (Å²) in [5.74, 6) is 0.716. The van der Waals surface area contributed by atoms with Gasteiger partial charge >= 0.3 is 0 Å². The largest absolute Gasteiger partial charge is 0.494 e. The van der Waals surface area contributed by atoms with Crippen molar-refractivity contribution < 1.29 is 14.3 Å². The Balaban J connectivity index is 1.77. The molecule has 0 aromatic heterocycles. The smallest absolute Gasteiger partial charge is 0.238 e. The molecule has 0 aliphatic rings. The monoisotopic (exact) mass is 397 g/mol. The lowest BCUT2D eigenvalue weighted by Crippen LogP contribution is -2.33. The van der Waals surface area contributed by atoms with Crippen molar-refractivity contribution in [3.63, 3.8) is 0 Å². The van der Waals surface area contributed by atoms with E-state index in [4.69, 9.17) is 4.74 Å². The van der Waals surface area contributed by atoms with Crippen LogP contribution in [0.1, 0.15) is 32.3 Å². The number of aryl methyl sites for hydroxylation is 1. The molecule has 0 aliphatic carbocycles. The van der Waals surface area contributed by atoms with Gasteiger partial charge in [0, 0.05) is 17.8 Å². The summed E-state index contributed by atoms with van der Waals surface area (Å²) < 4.78 is 5.60. The number of ether oxygens (including phenoxy) is 1. The third kappa shape index (κ3) is 7.95. The molecule has 0 radical (unpaired) electrons. The molecule has 2 amide bonds. The number of likely N-dealkylation sites (N-methyl/N-ethyl adjacent to an activating group) is 1. The van der Waals surface area contributed by atoms with Crippen LogP contribution < -0.4 is 15.4 Å². The fraction of sp³-hybridized carbons (Fsp3) is 0.391. The molecule has 0 saturated heterocycles. The Morgan fingerprint density at radius 2 is 1.69 bits per heavy atom. The zero-order valence-corrected chi connectivity index (χ0v) is 17.5. The van der Waals surface area contributed by atoms with E-state index in [0.717, 1.165) is 35.8 Å². The van der Waals surface area contributed by atoms with Gasteiger partial charge in [-0.05, 0) is 62.3 Å². The van der Waals surface area contributed by atoms with Gasteiger partial charge in [-0.15, -0.1) is 0 Å². The molecule has 0 unspecified atom stereocenters. The number of rotatable bonds is 11. The maximum absolute atomic E-state index is 12.2. The molecule has 0 spiro atoms. The van der Waals surface area contributed by atoms with E-state index < -0.39 is 0 Å². The summed E-state index contributed by atoms with van der Waals surface area (Å²) in [6, 6.07) is 15.0. The average molecular weight is 398 g/mol. The van der Waals surface area contributed by atoms with Crippen molar-refractivity contribution in [3.05, 3.63) is 54.1 Å². The van der Waals surface area contributed by atoms with Crippen LogP contribution in [0.5, 0.6) is 5.75 Å². The Hall–Kier alpha value is -2.86. The van der Waals surface area contributed by atoms with Gasteiger partial charge in [0.25, 0.3) is 0 Å². The zero-order valence-electron chi connectivity index (χ0n) is 17.5. The van der Waals surface area contributed by atoms with Crippen LogP contribution >= 0.6 is 0 Å². The molecule has 2 aromatic carbocycles. The van der Waals surface area contributed by atoms with Crippen molar-refractivity contribution in [2.75, 3.05) is 36.9 Å². The number of hydrogen-bond donors (Lipinski definition) is 2. The minimum atomic E-state index is -0.0561. The molecule has 0 heterocycles. The Bertz CT molecular complexity index is 789. The summed E-state index contributed by atoms with van der Waals surface area (Å²) >= 11 is 0. The van der Waals surface area contributed by atoms with E-state index in [-0.39, 0.29) is 11.8 Å². The van der Waals surface area contributed by atoms with Crippen LogP contribution in [0, 0.1) is 6.92 Å². The highest BCUT2D eigenvalue weighted by Gasteiger charge is 2.10. The Morgan fingerprint density at radius 3 is 2.34 bits per heavy atom. The van der Waals surface area contributed by atoms with E-state index in [2.05, 4.69) is 15.5 Å².